The molecule has 0 bridgehead atoms. The van der Waals surface area contributed by atoms with Gasteiger partial charge in [-0.2, -0.15) is 16.8 Å². The first-order chi connectivity index (χ1) is 10.4. The molecule has 0 heterocycles. The SMILES string of the molecule is CNc1c(S(=O)(=O)O)cc2cc(S(=O)(=O)O)c(N)c(O)c2c1N. The number of hydrogen-bond acceptors (Lipinski definition) is 8. The second-order valence-electron chi connectivity index (χ2n) is 4.60. The molecule has 0 atom stereocenters. The van der Waals surface area contributed by atoms with E-state index in [1.807, 2.05) is 0 Å². The first-order valence-corrected chi connectivity index (χ1v) is 8.78. The molecule has 0 saturated heterocycles. The molecule has 0 amide bonds. The third-order valence-corrected chi connectivity index (χ3v) is 4.98. The van der Waals surface area contributed by atoms with Crippen LogP contribution in [0.5, 0.6) is 5.75 Å². The Bertz CT molecular complexity index is 1030. The minimum absolute atomic E-state index is 0.133. The van der Waals surface area contributed by atoms with Crippen LogP contribution in [0, 0.1) is 0 Å². The van der Waals surface area contributed by atoms with Gasteiger partial charge in [-0.15, -0.1) is 0 Å². The highest BCUT2D eigenvalue weighted by atomic mass is 32.2. The van der Waals surface area contributed by atoms with Crippen LogP contribution in [0.15, 0.2) is 21.9 Å². The third-order valence-electron chi connectivity index (χ3n) is 3.21. The van der Waals surface area contributed by atoms with E-state index in [0.717, 1.165) is 12.1 Å². The molecule has 2 rings (SSSR count). The van der Waals surface area contributed by atoms with Gasteiger partial charge in [0.05, 0.1) is 22.4 Å². The number of phenolic OH excluding ortho intramolecular Hbond substituents is 1. The number of aromatic hydroxyl groups is 1. The van der Waals surface area contributed by atoms with E-state index in [1.165, 1.54) is 7.05 Å². The molecule has 126 valence electrons. The molecule has 0 saturated carbocycles. The van der Waals surface area contributed by atoms with Crippen molar-refractivity contribution in [3.05, 3.63) is 12.1 Å². The number of nitrogens with one attached hydrogen (secondary N) is 1. The van der Waals surface area contributed by atoms with Crippen molar-refractivity contribution in [3.63, 3.8) is 0 Å². The number of benzene rings is 2. The predicted octanol–water partition coefficient (Wildman–Crippen LogP) is 0.245. The van der Waals surface area contributed by atoms with Crippen LogP contribution in [0.3, 0.4) is 0 Å². The highest BCUT2D eigenvalue weighted by Crippen LogP contribution is 2.44. The molecule has 0 aliphatic carbocycles. The molecule has 2 aromatic rings. The predicted molar refractivity (Wildman–Crippen MR) is 83.6 cm³/mol. The summed E-state index contributed by atoms with van der Waals surface area (Å²) in [6.45, 7) is 0. The molecule has 0 spiro atoms. The number of anilines is 3. The Balaban J connectivity index is 3.12. The number of nitrogens with two attached hydrogens (primary N) is 2. The summed E-state index contributed by atoms with van der Waals surface area (Å²) in [5.41, 5.74) is 10.2. The first kappa shape index (κ1) is 17.1. The van der Waals surface area contributed by atoms with Crippen LogP contribution in [0.2, 0.25) is 0 Å². The van der Waals surface area contributed by atoms with Gasteiger partial charge >= 0.3 is 0 Å². The number of hydrogen-bond donors (Lipinski definition) is 6. The lowest BCUT2D eigenvalue weighted by Crippen LogP contribution is -2.08. The lowest BCUT2D eigenvalue weighted by atomic mass is 10.0. The van der Waals surface area contributed by atoms with Crippen LogP contribution in [-0.2, 0) is 20.2 Å². The fourth-order valence-electron chi connectivity index (χ4n) is 2.22. The van der Waals surface area contributed by atoms with Gasteiger partial charge in [-0.25, -0.2) is 0 Å². The number of nitrogen functional groups attached to an aromatic ring is 2. The van der Waals surface area contributed by atoms with E-state index in [9.17, 15) is 26.5 Å². The lowest BCUT2D eigenvalue weighted by Gasteiger charge is -2.16. The van der Waals surface area contributed by atoms with Gasteiger partial charge in [-0.3, -0.25) is 9.11 Å². The monoisotopic (exact) mass is 363 g/mol. The second-order valence-corrected chi connectivity index (χ2v) is 7.38. The van der Waals surface area contributed by atoms with Crippen molar-refractivity contribution in [1.82, 2.24) is 0 Å². The first-order valence-electron chi connectivity index (χ1n) is 5.90. The quantitative estimate of drug-likeness (QED) is 0.250. The Labute approximate surface area is 131 Å². The van der Waals surface area contributed by atoms with E-state index in [0.29, 0.717) is 0 Å². The topological polar surface area (TPSA) is 193 Å². The van der Waals surface area contributed by atoms with Crippen LogP contribution >= 0.6 is 0 Å². The number of fused-ring (bicyclic) bond motifs is 1. The van der Waals surface area contributed by atoms with Crippen LogP contribution in [0.25, 0.3) is 10.8 Å². The summed E-state index contributed by atoms with van der Waals surface area (Å²) in [6.07, 6.45) is 0. The van der Waals surface area contributed by atoms with Crippen LogP contribution in [-0.4, -0.2) is 38.1 Å². The van der Waals surface area contributed by atoms with Crippen molar-refractivity contribution in [2.75, 3.05) is 23.8 Å². The zero-order chi connectivity index (χ0) is 17.7. The summed E-state index contributed by atoms with van der Waals surface area (Å²) in [6, 6.07) is 1.73. The summed E-state index contributed by atoms with van der Waals surface area (Å²) >= 11 is 0. The van der Waals surface area contributed by atoms with Crippen LogP contribution in [0.1, 0.15) is 0 Å². The van der Waals surface area contributed by atoms with Gasteiger partial charge < -0.3 is 21.9 Å². The van der Waals surface area contributed by atoms with Gasteiger partial charge in [0.25, 0.3) is 20.2 Å². The molecular weight excluding hydrogens is 350 g/mol. The highest BCUT2D eigenvalue weighted by molar-refractivity contribution is 7.86. The van der Waals surface area contributed by atoms with E-state index in [2.05, 4.69) is 5.32 Å². The highest BCUT2D eigenvalue weighted by Gasteiger charge is 2.25. The van der Waals surface area contributed by atoms with Crippen LogP contribution in [0.4, 0.5) is 17.1 Å². The molecule has 10 nitrogen and oxygen atoms in total. The fraction of sp³-hybridized carbons (Fsp3) is 0.0909. The zero-order valence-electron chi connectivity index (χ0n) is 11.6. The zero-order valence-corrected chi connectivity index (χ0v) is 13.2. The van der Waals surface area contributed by atoms with Crippen molar-refractivity contribution in [3.8, 4) is 5.75 Å². The molecule has 2 aromatic carbocycles. The molecule has 0 aromatic heterocycles. The Hall–Kier alpha value is -2.28. The second kappa shape index (κ2) is 5.13. The van der Waals surface area contributed by atoms with Gasteiger partial charge in [0.2, 0.25) is 0 Å². The van der Waals surface area contributed by atoms with Crippen molar-refractivity contribution in [2.45, 2.75) is 9.79 Å². The maximum Gasteiger partial charge on any atom is 0.296 e. The summed E-state index contributed by atoms with van der Waals surface area (Å²) in [5.74, 6) is -0.744. The van der Waals surface area contributed by atoms with E-state index in [4.69, 9.17) is 16.0 Å². The average Bonchev–Trinajstić information content (AvgIpc) is 2.39. The summed E-state index contributed by atoms with van der Waals surface area (Å²) in [4.78, 5) is -1.45. The third kappa shape index (κ3) is 2.72. The van der Waals surface area contributed by atoms with Crippen molar-refractivity contribution in [1.29, 1.82) is 0 Å². The number of rotatable bonds is 3. The molecule has 0 fully saturated rings. The van der Waals surface area contributed by atoms with E-state index in [-0.39, 0.29) is 22.1 Å². The van der Waals surface area contributed by atoms with Crippen LogP contribution < -0.4 is 16.8 Å². The van der Waals surface area contributed by atoms with Gasteiger partial charge in [0.15, 0.2) is 0 Å². The smallest absolute Gasteiger partial charge is 0.296 e. The maximum absolute atomic E-state index is 11.4. The van der Waals surface area contributed by atoms with Crippen molar-refractivity contribution >= 4 is 48.1 Å². The minimum atomic E-state index is -4.78. The van der Waals surface area contributed by atoms with E-state index in [1.54, 1.807) is 0 Å². The standard InChI is InChI=1S/C11H13N3O7S2/c1-14-10-6(23(19,20)21)3-4-2-5(22(16,17)18)8(12)11(15)7(4)9(10)13/h2-3,14-15H,12-13H2,1H3,(H,16,17,18)(H,19,20,21). The van der Waals surface area contributed by atoms with Gasteiger partial charge in [-0.05, 0) is 17.5 Å². The van der Waals surface area contributed by atoms with Crippen molar-refractivity contribution < 1.29 is 31.0 Å². The molecule has 0 unspecified atom stereocenters. The Morgan fingerprint density at radius 2 is 1.43 bits per heavy atom. The van der Waals surface area contributed by atoms with E-state index < -0.39 is 41.5 Å². The Morgan fingerprint density at radius 3 is 1.87 bits per heavy atom. The molecule has 0 aliphatic heterocycles. The van der Waals surface area contributed by atoms with Gasteiger partial charge in [0, 0.05) is 7.05 Å². The Morgan fingerprint density at radius 1 is 0.957 bits per heavy atom. The molecule has 8 N–H and O–H groups in total. The summed E-state index contributed by atoms with van der Waals surface area (Å²) in [5, 5.41) is 12.3. The lowest BCUT2D eigenvalue weighted by molar-refractivity contribution is 0.473. The minimum Gasteiger partial charge on any atom is -0.505 e. The van der Waals surface area contributed by atoms with Crippen molar-refractivity contribution in [2.24, 2.45) is 0 Å². The van der Waals surface area contributed by atoms with Gasteiger partial charge in [-0.1, -0.05) is 0 Å². The van der Waals surface area contributed by atoms with E-state index >= 15 is 0 Å². The molecule has 23 heavy (non-hydrogen) atoms. The number of phenols is 1. The summed E-state index contributed by atoms with van der Waals surface area (Å²) in [7, 11) is -8.14. The normalized spacial score (nSPS) is 12.5. The maximum atomic E-state index is 11.4. The molecule has 0 aliphatic rings. The average molecular weight is 363 g/mol. The molecule has 12 heteroatoms. The fourth-order valence-corrected chi connectivity index (χ4v) is 3.62. The summed E-state index contributed by atoms with van der Waals surface area (Å²) < 4.78 is 63.9. The van der Waals surface area contributed by atoms with Gasteiger partial charge in [0.1, 0.15) is 15.5 Å². The molecular formula is C11H13N3O7S2. The Kier molecular flexibility index (Phi) is 3.81. The largest absolute Gasteiger partial charge is 0.505 e. The molecule has 0 radical (unpaired) electrons.